The van der Waals surface area contributed by atoms with Gasteiger partial charge in [0, 0.05) is 12.6 Å². The minimum Gasteiger partial charge on any atom is -0.394 e. The molecule has 3 heterocycles. The molecule has 0 radical (unpaired) electrons. The molecule has 7 heteroatoms. The number of anilines is 1. The molecule has 7 nitrogen and oxygen atoms in total. The van der Waals surface area contributed by atoms with Gasteiger partial charge >= 0.3 is 0 Å². The Morgan fingerprint density at radius 1 is 1.55 bits per heavy atom. The van der Waals surface area contributed by atoms with Gasteiger partial charge in [0.1, 0.15) is 30.1 Å². The van der Waals surface area contributed by atoms with E-state index in [9.17, 15) is 5.11 Å². The van der Waals surface area contributed by atoms with Crippen molar-refractivity contribution < 1.29 is 14.9 Å². The first-order valence-electron chi connectivity index (χ1n) is 6.17. The van der Waals surface area contributed by atoms with Crippen LogP contribution >= 0.6 is 0 Å². The molecule has 0 spiro atoms. The van der Waals surface area contributed by atoms with Crippen LogP contribution in [0.3, 0.4) is 0 Å². The Balaban J connectivity index is 2.10. The second-order valence-electron chi connectivity index (χ2n) is 4.67. The van der Waals surface area contributed by atoms with Crippen molar-refractivity contribution in [2.24, 2.45) is 0 Å². The number of hydrogen-bond acceptors (Lipinski definition) is 6. The number of aromatic nitrogens is 3. The molecule has 0 saturated carbocycles. The number of hydrogen-bond donors (Lipinski definition) is 3. The number of nitrogen functional groups attached to an aromatic ring is 1. The number of nitrogens with zero attached hydrogens (tertiary/aromatic N) is 3. The summed E-state index contributed by atoms with van der Waals surface area (Å²) in [6.07, 6.45) is 7.10. The largest absolute Gasteiger partial charge is 0.394 e. The summed E-state index contributed by atoms with van der Waals surface area (Å²) in [6.45, 7) is -0.240. The summed E-state index contributed by atoms with van der Waals surface area (Å²) in [5.41, 5.74) is 6.96. The molecule has 0 amide bonds. The summed E-state index contributed by atoms with van der Waals surface area (Å²) < 4.78 is 7.33. The lowest BCUT2D eigenvalue weighted by Gasteiger charge is -2.14. The van der Waals surface area contributed by atoms with E-state index in [0.717, 1.165) is 0 Å². The van der Waals surface area contributed by atoms with Crippen LogP contribution in [0.1, 0.15) is 18.2 Å². The molecule has 0 bridgehead atoms. The highest BCUT2D eigenvalue weighted by Gasteiger charge is 2.35. The van der Waals surface area contributed by atoms with E-state index in [4.69, 9.17) is 22.0 Å². The average Bonchev–Trinajstić information content (AvgIpc) is 3.00. The molecule has 4 N–H and O–H groups in total. The Morgan fingerprint density at radius 3 is 3.00 bits per heavy atom. The molecule has 104 valence electrons. The van der Waals surface area contributed by atoms with E-state index >= 15 is 0 Å². The van der Waals surface area contributed by atoms with Gasteiger partial charge in [-0.25, -0.2) is 9.97 Å². The molecule has 2 aromatic heterocycles. The molecule has 1 saturated heterocycles. The van der Waals surface area contributed by atoms with E-state index in [2.05, 4.69) is 15.9 Å². The van der Waals surface area contributed by atoms with Crippen molar-refractivity contribution in [2.75, 3.05) is 12.3 Å². The van der Waals surface area contributed by atoms with Crippen molar-refractivity contribution in [1.29, 1.82) is 0 Å². The number of fused-ring (bicyclic) bond motifs is 1. The molecular weight excluding hydrogens is 260 g/mol. The lowest BCUT2D eigenvalue weighted by Crippen LogP contribution is -2.24. The first-order chi connectivity index (χ1) is 9.65. The van der Waals surface area contributed by atoms with Crippen molar-refractivity contribution in [3.05, 3.63) is 18.1 Å². The summed E-state index contributed by atoms with van der Waals surface area (Å²) in [5.74, 6) is 2.85. The molecule has 1 aliphatic rings. The fourth-order valence-corrected chi connectivity index (χ4v) is 2.49. The third-order valence-electron chi connectivity index (χ3n) is 3.49. The van der Waals surface area contributed by atoms with E-state index in [1.165, 1.54) is 6.33 Å². The summed E-state index contributed by atoms with van der Waals surface area (Å²) >= 11 is 0. The van der Waals surface area contributed by atoms with Crippen molar-refractivity contribution in [2.45, 2.75) is 24.9 Å². The second kappa shape index (κ2) is 4.76. The molecule has 0 unspecified atom stereocenters. The lowest BCUT2D eigenvalue weighted by atomic mass is 10.2. The lowest BCUT2D eigenvalue weighted by molar-refractivity contribution is -0.0430. The number of aliphatic hydroxyl groups is 2. The van der Waals surface area contributed by atoms with Crippen molar-refractivity contribution >= 4 is 16.9 Å². The van der Waals surface area contributed by atoms with E-state index in [1.54, 1.807) is 10.8 Å². The zero-order valence-electron chi connectivity index (χ0n) is 10.6. The van der Waals surface area contributed by atoms with Gasteiger partial charge in [-0.3, -0.25) is 0 Å². The fourth-order valence-electron chi connectivity index (χ4n) is 2.49. The van der Waals surface area contributed by atoms with E-state index in [-0.39, 0.29) is 6.61 Å². The van der Waals surface area contributed by atoms with Crippen LogP contribution in [-0.4, -0.2) is 43.6 Å². The summed E-state index contributed by atoms with van der Waals surface area (Å²) in [6, 6.07) is 0. The molecule has 1 fully saturated rings. The predicted octanol–water partition coefficient (Wildman–Crippen LogP) is -0.364. The molecule has 3 atom stereocenters. The molecule has 20 heavy (non-hydrogen) atoms. The molecule has 0 aromatic carbocycles. The molecule has 2 aromatic rings. The van der Waals surface area contributed by atoms with Crippen LogP contribution in [0, 0.1) is 12.3 Å². The molecule has 1 aliphatic heterocycles. The summed E-state index contributed by atoms with van der Waals surface area (Å²) in [4.78, 5) is 8.11. The fraction of sp³-hybridized carbons (Fsp3) is 0.385. The minimum absolute atomic E-state index is 0.240. The first-order valence-corrected chi connectivity index (χ1v) is 6.17. The summed E-state index contributed by atoms with van der Waals surface area (Å²) in [5, 5.41) is 19.6. The van der Waals surface area contributed by atoms with Crippen LogP contribution in [0.15, 0.2) is 12.5 Å². The number of nitrogens with two attached hydrogens (primary N) is 1. The van der Waals surface area contributed by atoms with E-state index < -0.39 is 18.4 Å². The third kappa shape index (κ3) is 1.82. The Bertz CT molecular complexity index is 691. The van der Waals surface area contributed by atoms with Gasteiger partial charge < -0.3 is 25.3 Å². The predicted molar refractivity (Wildman–Crippen MR) is 71.5 cm³/mol. The van der Waals surface area contributed by atoms with Crippen molar-refractivity contribution in [3.63, 3.8) is 0 Å². The smallest absolute Gasteiger partial charge is 0.148 e. The Hall–Kier alpha value is -2.14. The highest BCUT2D eigenvalue weighted by atomic mass is 16.5. The van der Waals surface area contributed by atoms with Crippen LogP contribution in [0.4, 0.5) is 5.82 Å². The van der Waals surface area contributed by atoms with Crippen LogP contribution in [-0.2, 0) is 4.74 Å². The average molecular weight is 274 g/mol. The molecule has 0 aliphatic carbocycles. The zero-order chi connectivity index (χ0) is 14.3. The van der Waals surface area contributed by atoms with Crippen molar-refractivity contribution in [1.82, 2.24) is 14.5 Å². The maximum Gasteiger partial charge on any atom is 0.148 e. The maximum atomic E-state index is 9.82. The van der Waals surface area contributed by atoms with E-state index in [0.29, 0.717) is 28.8 Å². The second-order valence-corrected chi connectivity index (χ2v) is 4.67. The van der Waals surface area contributed by atoms with Gasteiger partial charge in [-0.2, -0.15) is 0 Å². The number of ether oxygens (including phenoxy) is 1. The van der Waals surface area contributed by atoms with Gasteiger partial charge in [0.05, 0.1) is 23.7 Å². The Labute approximate surface area is 115 Å². The van der Waals surface area contributed by atoms with Gasteiger partial charge in [-0.05, 0) is 0 Å². The monoisotopic (exact) mass is 274 g/mol. The van der Waals surface area contributed by atoms with Crippen molar-refractivity contribution in [3.8, 4) is 12.3 Å². The van der Waals surface area contributed by atoms with Gasteiger partial charge in [0.2, 0.25) is 0 Å². The van der Waals surface area contributed by atoms with Crippen LogP contribution in [0.25, 0.3) is 11.0 Å². The van der Waals surface area contributed by atoms with Gasteiger partial charge in [0.15, 0.2) is 0 Å². The number of terminal acetylenes is 1. The highest BCUT2D eigenvalue weighted by molar-refractivity contribution is 5.92. The maximum absolute atomic E-state index is 9.82. The number of aliphatic hydroxyl groups excluding tert-OH is 2. The van der Waals surface area contributed by atoms with E-state index in [1.807, 2.05) is 0 Å². The van der Waals surface area contributed by atoms with Gasteiger partial charge in [-0.1, -0.05) is 5.92 Å². The van der Waals surface area contributed by atoms with Gasteiger partial charge in [0.25, 0.3) is 0 Å². The quantitative estimate of drug-likeness (QED) is 0.645. The SMILES string of the molecule is C#Cc1cn([C@H]2C[C@@H](O)[C@@H](CO)O2)c2ncnc(N)c12. The Kier molecular flexibility index (Phi) is 3.06. The number of rotatable bonds is 2. The van der Waals surface area contributed by atoms with Crippen LogP contribution in [0.5, 0.6) is 0 Å². The summed E-state index contributed by atoms with van der Waals surface area (Å²) in [7, 11) is 0. The highest BCUT2D eigenvalue weighted by Crippen LogP contribution is 2.33. The van der Waals surface area contributed by atoms with Crippen LogP contribution in [0.2, 0.25) is 0 Å². The standard InChI is InChI=1S/C13H14N4O3/c1-2-7-4-17(10-3-8(19)9(5-18)20-10)13-11(7)12(14)15-6-16-13/h1,4,6,8-10,18-19H,3,5H2,(H2,14,15,16)/t8-,9-,10-/m1/s1. The molecular formula is C13H14N4O3. The van der Waals surface area contributed by atoms with Crippen LogP contribution < -0.4 is 5.73 Å². The Morgan fingerprint density at radius 2 is 2.35 bits per heavy atom. The third-order valence-corrected chi connectivity index (χ3v) is 3.49. The van der Waals surface area contributed by atoms with Gasteiger partial charge in [-0.15, -0.1) is 6.42 Å². The first kappa shape index (κ1) is 12.9. The molecule has 3 rings (SSSR count). The topological polar surface area (TPSA) is 106 Å². The normalized spacial score (nSPS) is 25.9. The zero-order valence-corrected chi connectivity index (χ0v) is 10.6. The minimum atomic E-state index is -0.726.